The Kier molecular flexibility index (Phi) is 7.71. The minimum absolute atomic E-state index is 0.348. The Labute approximate surface area is 143 Å². The molecule has 1 saturated heterocycles. The second-order valence-electron chi connectivity index (χ2n) is 6.16. The third-order valence-electron chi connectivity index (χ3n) is 4.31. The molecule has 0 aliphatic carbocycles. The molecule has 132 valence electrons. The lowest BCUT2D eigenvalue weighted by Gasteiger charge is -2.32. The predicted molar refractivity (Wildman–Crippen MR) is 92.3 cm³/mol. The van der Waals surface area contributed by atoms with Crippen LogP contribution in [0.1, 0.15) is 18.4 Å². The quantitative estimate of drug-likeness (QED) is 0.571. The molecule has 2 rings (SSSR count). The maximum Gasteiger partial charge on any atom is 0.309 e. The first-order valence-electron chi connectivity index (χ1n) is 8.50. The summed E-state index contributed by atoms with van der Waals surface area (Å²) in [7, 11) is 1.55. The number of hydrogen-bond acceptors (Lipinski definition) is 4. The maximum atomic E-state index is 11.7. The van der Waals surface area contributed by atoms with Gasteiger partial charge in [0.25, 0.3) is 0 Å². The van der Waals surface area contributed by atoms with Gasteiger partial charge in [0.15, 0.2) is 0 Å². The largest absolute Gasteiger partial charge is 0.383 e. The fraction of sp³-hybridized carbons (Fsp3) is 0.556. The predicted octanol–water partition coefficient (Wildman–Crippen LogP) is 0.777. The molecule has 0 saturated carbocycles. The molecule has 24 heavy (non-hydrogen) atoms. The molecule has 0 radical (unpaired) electrons. The Morgan fingerprint density at radius 1 is 1.12 bits per heavy atom. The second-order valence-corrected chi connectivity index (χ2v) is 6.16. The molecule has 6 heteroatoms. The number of nitrogens with one attached hydrogen (secondary N) is 2. The van der Waals surface area contributed by atoms with Crippen LogP contribution in [0.5, 0.6) is 0 Å². The van der Waals surface area contributed by atoms with Crippen molar-refractivity contribution in [1.82, 2.24) is 15.5 Å². The number of hydrogen-bond donors (Lipinski definition) is 2. The molecule has 1 aromatic rings. The number of rotatable bonds is 7. The van der Waals surface area contributed by atoms with Crippen LogP contribution in [0.3, 0.4) is 0 Å². The van der Waals surface area contributed by atoms with Crippen LogP contribution in [0.2, 0.25) is 0 Å². The van der Waals surface area contributed by atoms with Crippen molar-refractivity contribution < 1.29 is 14.3 Å². The Morgan fingerprint density at radius 3 is 2.46 bits per heavy atom. The van der Waals surface area contributed by atoms with Crippen molar-refractivity contribution in [3.63, 3.8) is 0 Å². The number of methoxy groups -OCH3 is 1. The number of benzene rings is 1. The SMILES string of the molecule is COCCNC(=O)C(=O)NCC1CCN(Cc2ccccc2)CC1. The van der Waals surface area contributed by atoms with Gasteiger partial charge in [-0.05, 0) is 37.4 Å². The normalized spacial score (nSPS) is 15.9. The lowest BCUT2D eigenvalue weighted by Crippen LogP contribution is -2.44. The lowest BCUT2D eigenvalue weighted by molar-refractivity contribution is -0.139. The third kappa shape index (κ3) is 6.29. The Morgan fingerprint density at radius 2 is 1.79 bits per heavy atom. The van der Waals surface area contributed by atoms with Gasteiger partial charge in [0.1, 0.15) is 0 Å². The van der Waals surface area contributed by atoms with Crippen molar-refractivity contribution in [2.75, 3.05) is 39.9 Å². The van der Waals surface area contributed by atoms with Gasteiger partial charge in [0, 0.05) is 26.7 Å². The first-order chi connectivity index (χ1) is 11.7. The van der Waals surface area contributed by atoms with Crippen molar-refractivity contribution in [2.45, 2.75) is 19.4 Å². The van der Waals surface area contributed by atoms with E-state index in [1.807, 2.05) is 6.07 Å². The highest BCUT2D eigenvalue weighted by Gasteiger charge is 2.21. The molecule has 0 unspecified atom stereocenters. The van der Waals surface area contributed by atoms with E-state index in [0.717, 1.165) is 32.5 Å². The zero-order chi connectivity index (χ0) is 17.2. The monoisotopic (exact) mass is 333 g/mol. The highest BCUT2D eigenvalue weighted by molar-refractivity contribution is 6.35. The molecular weight excluding hydrogens is 306 g/mol. The summed E-state index contributed by atoms with van der Waals surface area (Å²) in [5.41, 5.74) is 1.33. The summed E-state index contributed by atoms with van der Waals surface area (Å²) in [5.74, 6) is -0.709. The molecule has 0 bridgehead atoms. The molecule has 6 nitrogen and oxygen atoms in total. The van der Waals surface area contributed by atoms with E-state index in [0.29, 0.717) is 25.6 Å². The second kappa shape index (κ2) is 10.1. The van der Waals surface area contributed by atoms with Crippen LogP contribution >= 0.6 is 0 Å². The minimum atomic E-state index is -0.589. The smallest absolute Gasteiger partial charge is 0.309 e. The van der Waals surface area contributed by atoms with Crippen molar-refractivity contribution >= 4 is 11.8 Å². The number of piperidine rings is 1. The lowest BCUT2D eigenvalue weighted by atomic mass is 9.96. The molecule has 0 atom stereocenters. The Hall–Kier alpha value is -1.92. The van der Waals surface area contributed by atoms with Crippen molar-refractivity contribution in [3.05, 3.63) is 35.9 Å². The van der Waals surface area contributed by atoms with Crippen molar-refractivity contribution in [1.29, 1.82) is 0 Å². The molecule has 1 aromatic carbocycles. The Bertz CT molecular complexity index is 514. The van der Waals surface area contributed by atoms with Crippen LogP contribution in [-0.4, -0.2) is 56.6 Å². The summed E-state index contributed by atoms with van der Waals surface area (Å²) < 4.78 is 4.83. The van der Waals surface area contributed by atoms with Gasteiger partial charge in [-0.1, -0.05) is 30.3 Å². The molecule has 0 spiro atoms. The van der Waals surface area contributed by atoms with E-state index in [-0.39, 0.29) is 0 Å². The number of nitrogens with zero attached hydrogens (tertiary/aromatic N) is 1. The number of ether oxygens (including phenoxy) is 1. The first-order valence-corrected chi connectivity index (χ1v) is 8.50. The van der Waals surface area contributed by atoms with Gasteiger partial charge < -0.3 is 15.4 Å². The number of carbonyl (C=O) groups excluding carboxylic acids is 2. The van der Waals surface area contributed by atoms with E-state index in [9.17, 15) is 9.59 Å². The van der Waals surface area contributed by atoms with Gasteiger partial charge >= 0.3 is 11.8 Å². The highest BCUT2D eigenvalue weighted by Crippen LogP contribution is 2.18. The summed E-state index contributed by atoms with van der Waals surface area (Å²) in [6, 6.07) is 10.5. The van der Waals surface area contributed by atoms with Crippen LogP contribution in [-0.2, 0) is 20.9 Å². The highest BCUT2D eigenvalue weighted by atomic mass is 16.5. The first kappa shape index (κ1) is 18.4. The fourth-order valence-electron chi connectivity index (χ4n) is 2.85. The van der Waals surface area contributed by atoms with Crippen LogP contribution in [0.25, 0.3) is 0 Å². The van der Waals surface area contributed by atoms with E-state index in [1.54, 1.807) is 7.11 Å². The number of likely N-dealkylation sites (tertiary alicyclic amines) is 1. The molecule has 1 fully saturated rings. The number of amides is 2. The summed E-state index contributed by atoms with van der Waals surface area (Å²) in [6.07, 6.45) is 2.08. The molecule has 1 aliphatic heterocycles. The molecule has 0 aromatic heterocycles. The topological polar surface area (TPSA) is 70.7 Å². The van der Waals surface area contributed by atoms with Crippen molar-refractivity contribution in [2.24, 2.45) is 5.92 Å². The van der Waals surface area contributed by atoms with Crippen LogP contribution in [0.4, 0.5) is 0 Å². The molecule has 1 aliphatic rings. The number of carbonyl (C=O) groups is 2. The molecule has 2 N–H and O–H groups in total. The molecule has 1 heterocycles. The zero-order valence-corrected chi connectivity index (χ0v) is 14.3. The van der Waals surface area contributed by atoms with Gasteiger partial charge in [0.2, 0.25) is 0 Å². The van der Waals surface area contributed by atoms with E-state index in [1.165, 1.54) is 5.56 Å². The fourth-order valence-corrected chi connectivity index (χ4v) is 2.85. The van der Waals surface area contributed by atoms with Gasteiger partial charge in [-0.3, -0.25) is 14.5 Å². The summed E-state index contributed by atoms with van der Waals surface area (Å²) in [4.78, 5) is 25.7. The Balaban J connectivity index is 1.62. The third-order valence-corrected chi connectivity index (χ3v) is 4.31. The maximum absolute atomic E-state index is 11.7. The zero-order valence-electron chi connectivity index (χ0n) is 14.3. The summed E-state index contributed by atoms with van der Waals surface area (Å²) in [5, 5.41) is 5.25. The van der Waals surface area contributed by atoms with Crippen molar-refractivity contribution in [3.8, 4) is 0 Å². The van der Waals surface area contributed by atoms with E-state index < -0.39 is 11.8 Å². The van der Waals surface area contributed by atoms with Gasteiger partial charge in [0.05, 0.1) is 6.61 Å². The van der Waals surface area contributed by atoms with Gasteiger partial charge in [-0.15, -0.1) is 0 Å². The molecule has 2 amide bonds. The average Bonchev–Trinajstić information content (AvgIpc) is 2.62. The van der Waals surface area contributed by atoms with Crippen LogP contribution in [0.15, 0.2) is 30.3 Å². The van der Waals surface area contributed by atoms with E-state index >= 15 is 0 Å². The minimum Gasteiger partial charge on any atom is -0.383 e. The van der Waals surface area contributed by atoms with Crippen LogP contribution < -0.4 is 10.6 Å². The van der Waals surface area contributed by atoms with E-state index in [4.69, 9.17) is 4.74 Å². The van der Waals surface area contributed by atoms with E-state index in [2.05, 4.69) is 39.8 Å². The van der Waals surface area contributed by atoms with Crippen LogP contribution in [0, 0.1) is 5.92 Å². The average molecular weight is 333 g/mol. The van der Waals surface area contributed by atoms with Gasteiger partial charge in [-0.25, -0.2) is 0 Å². The standard InChI is InChI=1S/C18H27N3O3/c1-24-12-9-19-17(22)18(23)20-13-15-7-10-21(11-8-15)14-16-5-3-2-4-6-16/h2-6,15H,7-14H2,1H3,(H,19,22)(H,20,23). The molecular formula is C18H27N3O3. The van der Waals surface area contributed by atoms with Gasteiger partial charge in [-0.2, -0.15) is 0 Å². The summed E-state index contributed by atoms with van der Waals surface area (Å²) in [6.45, 7) is 4.34. The summed E-state index contributed by atoms with van der Waals surface area (Å²) >= 11 is 0.